The van der Waals surface area contributed by atoms with E-state index in [1.54, 1.807) is 24.3 Å². The molecule has 6 heteroatoms. The van der Waals surface area contributed by atoms with Gasteiger partial charge in [-0.25, -0.2) is 9.97 Å². The van der Waals surface area contributed by atoms with Gasteiger partial charge in [0.1, 0.15) is 22.9 Å². The SMILES string of the molecule is CC(=O)Oc1ccccc1-c1nc2ccccc2nc1-c1ccccc1OC(C)=O. The van der Waals surface area contributed by atoms with Gasteiger partial charge in [0.15, 0.2) is 0 Å². The Balaban J connectivity index is 2.02. The van der Waals surface area contributed by atoms with Crippen molar-refractivity contribution in [1.82, 2.24) is 9.97 Å². The van der Waals surface area contributed by atoms with Crippen LogP contribution in [0.1, 0.15) is 13.8 Å². The third-order valence-corrected chi connectivity index (χ3v) is 4.36. The molecule has 4 aromatic rings. The number of ether oxygens (including phenoxy) is 2. The Bertz CT molecular complexity index is 1170. The van der Waals surface area contributed by atoms with E-state index in [0.29, 0.717) is 45.0 Å². The minimum absolute atomic E-state index is 0.376. The number of hydrogen-bond donors (Lipinski definition) is 0. The van der Waals surface area contributed by atoms with Crippen LogP contribution in [0.2, 0.25) is 0 Å². The number of fused-ring (bicyclic) bond motifs is 1. The Kier molecular flexibility index (Phi) is 5.22. The van der Waals surface area contributed by atoms with Gasteiger partial charge in [0.25, 0.3) is 0 Å². The van der Waals surface area contributed by atoms with E-state index in [2.05, 4.69) is 0 Å². The molecule has 0 N–H and O–H groups in total. The minimum atomic E-state index is -0.432. The Labute approximate surface area is 173 Å². The fourth-order valence-corrected chi connectivity index (χ4v) is 3.19. The van der Waals surface area contributed by atoms with Crippen LogP contribution in [0.4, 0.5) is 0 Å². The molecule has 0 saturated carbocycles. The molecule has 0 aliphatic rings. The van der Waals surface area contributed by atoms with Crippen molar-refractivity contribution in [2.75, 3.05) is 0 Å². The second-order valence-electron chi connectivity index (χ2n) is 6.59. The molecule has 0 atom stereocenters. The summed E-state index contributed by atoms with van der Waals surface area (Å²) in [5.74, 6) is -0.113. The summed E-state index contributed by atoms with van der Waals surface area (Å²) in [5, 5.41) is 0. The quantitative estimate of drug-likeness (QED) is 0.362. The highest BCUT2D eigenvalue weighted by Gasteiger charge is 2.20. The lowest BCUT2D eigenvalue weighted by atomic mass is 10.0. The van der Waals surface area contributed by atoms with Crippen LogP contribution < -0.4 is 9.47 Å². The van der Waals surface area contributed by atoms with E-state index in [0.717, 1.165) is 0 Å². The summed E-state index contributed by atoms with van der Waals surface area (Å²) in [7, 11) is 0. The summed E-state index contributed by atoms with van der Waals surface area (Å²) in [4.78, 5) is 32.9. The van der Waals surface area contributed by atoms with Crippen molar-refractivity contribution in [2.24, 2.45) is 0 Å². The molecule has 0 radical (unpaired) electrons. The number of esters is 2. The van der Waals surface area contributed by atoms with Gasteiger partial charge in [-0.05, 0) is 36.4 Å². The number of hydrogen-bond acceptors (Lipinski definition) is 6. The number of aromatic nitrogens is 2. The van der Waals surface area contributed by atoms with Gasteiger partial charge < -0.3 is 9.47 Å². The first-order valence-electron chi connectivity index (χ1n) is 9.35. The smallest absolute Gasteiger partial charge is 0.308 e. The molecule has 148 valence electrons. The molecule has 0 aliphatic carbocycles. The molecule has 1 heterocycles. The third kappa shape index (κ3) is 3.89. The molecular weight excluding hydrogens is 380 g/mol. The van der Waals surface area contributed by atoms with E-state index >= 15 is 0 Å². The van der Waals surface area contributed by atoms with Gasteiger partial charge in [0, 0.05) is 25.0 Å². The summed E-state index contributed by atoms with van der Waals surface area (Å²) in [6.45, 7) is 2.69. The Morgan fingerprint density at radius 1 is 0.600 bits per heavy atom. The summed E-state index contributed by atoms with van der Waals surface area (Å²) in [6, 6.07) is 21.8. The largest absolute Gasteiger partial charge is 0.426 e. The predicted octanol–water partition coefficient (Wildman–Crippen LogP) is 4.81. The summed E-state index contributed by atoms with van der Waals surface area (Å²) >= 11 is 0. The van der Waals surface area contributed by atoms with E-state index in [1.807, 2.05) is 48.5 Å². The van der Waals surface area contributed by atoms with E-state index in [4.69, 9.17) is 19.4 Å². The van der Waals surface area contributed by atoms with Gasteiger partial charge in [-0.3, -0.25) is 9.59 Å². The van der Waals surface area contributed by atoms with E-state index in [9.17, 15) is 9.59 Å². The highest BCUT2D eigenvalue weighted by atomic mass is 16.5. The van der Waals surface area contributed by atoms with Crippen molar-refractivity contribution < 1.29 is 19.1 Å². The minimum Gasteiger partial charge on any atom is -0.426 e. The number of carbonyl (C=O) groups excluding carboxylic acids is 2. The van der Waals surface area contributed by atoms with Gasteiger partial charge in [-0.2, -0.15) is 0 Å². The number of rotatable bonds is 4. The molecule has 0 fully saturated rings. The van der Waals surface area contributed by atoms with E-state index < -0.39 is 11.9 Å². The Morgan fingerprint density at radius 2 is 0.967 bits per heavy atom. The van der Waals surface area contributed by atoms with Crippen molar-refractivity contribution in [2.45, 2.75) is 13.8 Å². The topological polar surface area (TPSA) is 78.4 Å². The standard InChI is InChI=1S/C24H18N2O4/c1-15(27)29-21-13-7-3-9-17(21)23-24(26-20-12-6-5-11-19(20)25-23)18-10-4-8-14-22(18)30-16(2)28/h3-14H,1-2H3. The maximum absolute atomic E-state index is 11.6. The maximum Gasteiger partial charge on any atom is 0.308 e. The third-order valence-electron chi connectivity index (χ3n) is 4.36. The van der Waals surface area contributed by atoms with Crippen LogP contribution in [0.5, 0.6) is 11.5 Å². The zero-order chi connectivity index (χ0) is 21.1. The normalized spacial score (nSPS) is 10.6. The molecule has 1 aromatic heterocycles. The fourth-order valence-electron chi connectivity index (χ4n) is 3.19. The van der Waals surface area contributed by atoms with Crippen LogP contribution in [0.3, 0.4) is 0 Å². The molecule has 0 aliphatic heterocycles. The molecule has 0 unspecified atom stereocenters. The average Bonchev–Trinajstić information content (AvgIpc) is 2.73. The van der Waals surface area contributed by atoms with E-state index in [1.165, 1.54) is 13.8 Å². The van der Waals surface area contributed by atoms with Gasteiger partial charge in [-0.1, -0.05) is 36.4 Å². The lowest BCUT2D eigenvalue weighted by molar-refractivity contribution is -0.132. The summed E-state index contributed by atoms with van der Waals surface area (Å²) < 4.78 is 10.8. The molecule has 0 amide bonds. The van der Waals surface area contributed by atoms with Gasteiger partial charge in [0.2, 0.25) is 0 Å². The number of para-hydroxylation sites is 4. The number of nitrogens with zero attached hydrogens (tertiary/aromatic N) is 2. The Hall–Kier alpha value is -4.06. The zero-order valence-electron chi connectivity index (χ0n) is 16.5. The Morgan fingerprint density at radius 3 is 1.37 bits per heavy atom. The van der Waals surface area contributed by atoms with Crippen LogP contribution in [-0.4, -0.2) is 21.9 Å². The lowest BCUT2D eigenvalue weighted by Gasteiger charge is -2.15. The van der Waals surface area contributed by atoms with Crippen LogP contribution in [0.25, 0.3) is 33.5 Å². The average molecular weight is 398 g/mol. The summed E-state index contributed by atoms with van der Waals surface area (Å²) in [6.07, 6.45) is 0. The summed E-state index contributed by atoms with van der Waals surface area (Å²) in [5.41, 5.74) is 3.64. The van der Waals surface area contributed by atoms with Crippen molar-refractivity contribution in [3.63, 3.8) is 0 Å². The van der Waals surface area contributed by atoms with Crippen molar-refractivity contribution in [3.05, 3.63) is 72.8 Å². The van der Waals surface area contributed by atoms with Crippen molar-refractivity contribution in [1.29, 1.82) is 0 Å². The molecule has 6 nitrogen and oxygen atoms in total. The zero-order valence-corrected chi connectivity index (χ0v) is 16.5. The van der Waals surface area contributed by atoms with Crippen LogP contribution in [0, 0.1) is 0 Å². The first-order valence-corrected chi connectivity index (χ1v) is 9.35. The lowest BCUT2D eigenvalue weighted by Crippen LogP contribution is -2.05. The molecule has 0 bridgehead atoms. The molecule has 0 saturated heterocycles. The first-order chi connectivity index (χ1) is 14.5. The number of carbonyl (C=O) groups is 2. The number of benzene rings is 3. The molecule has 30 heavy (non-hydrogen) atoms. The van der Waals surface area contributed by atoms with E-state index in [-0.39, 0.29) is 0 Å². The highest BCUT2D eigenvalue weighted by molar-refractivity contribution is 5.90. The molecule has 4 rings (SSSR count). The van der Waals surface area contributed by atoms with Gasteiger partial charge in [-0.15, -0.1) is 0 Å². The molecule has 0 spiro atoms. The van der Waals surface area contributed by atoms with Crippen molar-refractivity contribution in [3.8, 4) is 34.0 Å². The highest BCUT2D eigenvalue weighted by Crippen LogP contribution is 2.39. The second-order valence-corrected chi connectivity index (χ2v) is 6.59. The van der Waals surface area contributed by atoms with Crippen LogP contribution in [-0.2, 0) is 9.59 Å². The maximum atomic E-state index is 11.6. The monoisotopic (exact) mass is 398 g/mol. The van der Waals surface area contributed by atoms with Crippen LogP contribution in [0.15, 0.2) is 72.8 Å². The van der Waals surface area contributed by atoms with Gasteiger partial charge in [0.05, 0.1) is 11.0 Å². The molecule has 3 aromatic carbocycles. The second kappa shape index (κ2) is 8.13. The van der Waals surface area contributed by atoms with Crippen LogP contribution >= 0.6 is 0 Å². The van der Waals surface area contributed by atoms with Crippen molar-refractivity contribution >= 4 is 23.0 Å². The fraction of sp³-hybridized carbons (Fsp3) is 0.0833. The predicted molar refractivity (Wildman–Crippen MR) is 113 cm³/mol. The van der Waals surface area contributed by atoms with Gasteiger partial charge >= 0.3 is 11.9 Å². The first kappa shape index (κ1) is 19.3. The molecular formula is C24H18N2O4.